The lowest BCUT2D eigenvalue weighted by Gasteiger charge is -2.31. The molecule has 1 aliphatic rings. The summed E-state index contributed by atoms with van der Waals surface area (Å²) in [5, 5.41) is 14.3. The maximum absolute atomic E-state index is 11.6. The number of aliphatic hydroxyl groups is 1. The third-order valence-corrected chi connectivity index (χ3v) is 2.61. The fraction of sp³-hybridized carbons (Fsp3) is 0.818. The minimum atomic E-state index is -0.203. The first-order chi connectivity index (χ1) is 8.61. The number of amides is 2. The molecule has 0 saturated carbocycles. The average Bonchev–Trinajstić information content (AvgIpc) is 2.34. The summed E-state index contributed by atoms with van der Waals surface area (Å²) in [6.07, 6.45) is -0.203. The third-order valence-electron chi connectivity index (χ3n) is 2.61. The molecule has 0 radical (unpaired) electrons. The van der Waals surface area contributed by atoms with Crippen LogP contribution in [-0.4, -0.2) is 73.9 Å². The molecule has 3 N–H and O–H groups in total. The fourth-order valence-corrected chi connectivity index (χ4v) is 1.73. The number of carbonyl (C=O) groups excluding carboxylic acids is 2. The highest BCUT2D eigenvalue weighted by atomic mass is 16.5. The van der Waals surface area contributed by atoms with E-state index in [1.54, 1.807) is 0 Å². The van der Waals surface area contributed by atoms with Crippen molar-refractivity contribution in [2.45, 2.75) is 13.0 Å². The van der Waals surface area contributed by atoms with Gasteiger partial charge in [0.25, 0.3) is 0 Å². The summed E-state index contributed by atoms with van der Waals surface area (Å²) in [7, 11) is 0. The van der Waals surface area contributed by atoms with Crippen molar-refractivity contribution in [3.05, 3.63) is 0 Å². The summed E-state index contributed by atoms with van der Waals surface area (Å²) >= 11 is 0. The van der Waals surface area contributed by atoms with E-state index in [0.29, 0.717) is 39.3 Å². The Labute approximate surface area is 106 Å². The highest BCUT2D eigenvalue weighted by molar-refractivity contribution is 5.78. The van der Waals surface area contributed by atoms with Crippen molar-refractivity contribution in [1.82, 2.24) is 15.5 Å². The number of aliphatic hydroxyl groups excluding tert-OH is 1. The van der Waals surface area contributed by atoms with Gasteiger partial charge in [-0.2, -0.15) is 0 Å². The van der Waals surface area contributed by atoms with Crippen LogP contribution in [0, 0.1) is 0 Å². The second-order valence-electron chi connectivity index (χ2n) is 4.24. The van der Waals surface area contributed by atoms with Gasteiger partial charge in [-0.05, 0) is 0 Å². The number of hydrogen-bond acceptors (Lipinski definition) is 5. The highest BCUT2D eigenvalue weighted by Gasteiger charge is 2.21. The minimum absolute atomic E-state index is 0.0271. The summed E-state index contributed by atoms with van der Waals surface area (Å²) in [6.45, 7) is 4.34. The molecule has 1 atom stereocenters. The quantitative estimate of drug-likeness (QED) is 0.477. The average molecular weight is 259 g/mol. The van der Waals surface area contributed by atoms with Gasteiger partial charge in [-0.3, -0.25) is 14.5 Å². The maximum Gasteiger partial charge on any atom is 0.234 e. The van der Waals surface area contributed by atoms with Crippen molar-refractivity contribution in [2.24, 2.45) is 0 Å². The molecule has 1 saturated heterocycles. The van der Waals surface area contributed by atoms with Crippen LogP contribution in [0.3, 0.4) is 0 Å². The van der Waals surface area contributed by atoms with Crippen molar-refractivity contribution in [3.8, 4) is 0 Å². The van der Waals surface area contributed by atoms with Gasteiger partial charge in [-0.1, -0.05) is 0 Å². The SMILES string of the molecule is CC(=O)NCCNC(=O)CN1CCOC(CO)C1. The Kier molecular flexibility index (Phi) is 6.63. The zero-order valence-electron chi connectivity index (χ0n) is 10.6. The largest absolute Gasteiger partial charge is 0.394 e. The summed E-state index contributed by atoms with van der Waals surface area (Å²) in [5.41, 5.74) is 0. The Balaban J connectivity index is 2.13. The van der Waals surface area contributed by atoms with E-state index >= 15 is 0 Å². The van der Waals surface area contributed by atoms with E-state index in [9.17, 15) is 9.59 Å². The normalized spacial score (nSPS) is 20.4. The van der Waals surface area contributed by atoms with Crippen molar-refractivity contribution < 1.29 is 19.4 Å². The molecule has 2 amide bonds. The molecule has 0 bridgehead atoms. The number of nitrogens with zero attached hydrogens (tertiary/aromatic N) is 1. The Bertz CT molecular complexity index is 285. The van der Waals surface area contributed by atoms with E-state index in [2.05, 4.69) is 10.6 Å². The van der Waals surface area contributed by atoms with Crippen molar-refractivity contribution in [2.75, 3.05) is 45.9 Å². The van der Waals surface area contributed by atoms with E-state index in [1.807, 2.05) is 4.90 Å². The Morgan fingerprint density at radius 2 is 2.11 bits per heavy atom. The molecule has 104 valence electrons. The smallest absolute Gasteiger partial charge is 0.234 e. The number of ether oxygens (including phenoxy) is 1. The predicted octanol–water partition coefficient (Wildman–Crippen LogP) is -2.07. The molecular weight excluding hydrogens is 238 g/mol. The monoisotopic (exact) mass is 259 g/mol. The molecule has 0 aliphatic carbocycles. The number of hydrogen-bond donors (Lipinski definition) is 3. The van der Waals surface area contributed by atoms with Crippen LogP contribution >= 0.6 is 0 Å². The van der Waals surface area contributed by atoms with Crippen LogP contribution in [0.4, 0.5) is 0 Å². The zero-order chi connectivity index (χ0) is 13.4. The van der Waals surface area contributed by atoms with E-state index < -0.39 is 0 Å². The fourth-order valence-electron chi connectivity index (χ4n) is 1.73. The molecule has 0 aromatic heterocycles. The topological polar surface area (TPSA) is 90.9 Å². The van der Waals surface area contributed by atoms with Crippen LogP contribution in [0.1, 0.15) is 6.92 Å². The first-order valence-electron chi connectivity index (χ1n) is 6.07. The van der Waals surface area contributed by atoms with Crippen molar-refractivity contribution >= 4 is 11.8 Å². The molecule has 18 heavy (non-hydrogen) atoms. The van der Waals surface area contributed by atoms with Crippen LogP contribution in [-0.2, 0) is 14.3 Å². The molecule has 1 fully saturated rings. The molecule has 1 unspecified atom stereocenters. The van der Waals surface area contributed by atoms with E-state index in [0.717, 1.165) is 0 Å². The van der Waals surface area contributed by atoms with Crippen LogP contribution in [0.15, 0.2) is 0 Å². The summed E-state index contributed by atoms with van der Waals surface area (Å²) < 4.78 is 5.29. The number of rotatable bonds is 6. The van der Waals surface area contributed by atoms with Gasteiger partial charge in [0.2, 0.25) is 11.8 Å². The van der Waals surface area contributed by atoms with Gasteiger partial charge in [-0.15, -0.1) is 0 Å². The highest BCUT2D eigenvalue weighted by Crippen LogP contribution is 2.03. The van der Waals surface area contributed by atoms with Crippen molar-refractivity contribution in [3.63, 3.8) is 0 Å². The summed E-state index contributed by atoms with van der Waals surface area (Å²) in [6, 6.07) is 0. The van der Waals surface area contributed by atoms with Crippen molar-refractivity contribution in [1.29, 1.82) is 0 Å². The molecule has 0 aromatic carbocycles. The van der Waals surface area contributed by atoms with Gasteiger partial charge < -0.3 is 20.5 Å². The summed E-state index contributed by atoms with van der Waals surface area (Å²) in [5.74, 6) is -0.192. The van der Waals surface area contributed by atoms with E-state index in [1.165, 1.54) is 6.92 Å². The summed E-state index contributed by atoms with van der Waals surface area (Å²) in [4.78, 5) is 24.1. The second kappa shape index (κ2) is 8.02. The van der Waals surface area contributed by atoms with Gasteiger partial charge in [0.1, 0.15) is 0 Å². The second-order valence-corrected chi connectivity index (χ2v) is 4.24. The first kappa shape index (κ1) is 14.9. The number of carbonyl (C=O) groups is 2. The third kappa shape index (κ3) is 5.95. The lowest BCUT2D eigenvalue weighted by Crippen LogP contribution is -2.48. The van der Waals surface area contributed by atoms with Gasteiger partial charge in [0, 0.05) is 33.1 Å². The number of nitrogens with one attached hydrogen (secondary N) is 2. The van der Waals surface area contributed by atoms with Gasteiger partial charge in [0.15, 0.2) is 0 Å². The van der Waals surface area contributed by atoms with E-state index in [-0.39, 0.29) is 24.5 Å². The van der Waals surface area contributed by atoms with Crippen LogP contribution in [0.25, 0.3) is 0 Å². The molecule has 0 aromatic rings. The van der Waals surface area contributed by atoms with Gasteiger partial charge >= 0.3 is 0 Å². The molecule has 1 rings (SSSR count). The minimum Gasteiger partial charge on any atom is -0.394 e. The standard InChI is InChI=1S/C11H21N3O4/c1-9(16)12-2-3-13-11(17)7-14-4-5-18-10(6-14)8-15/h10,15H,2-8H2,1H3,(H,12,16)(H,13,17). The lowest BCUT2D eigenvalue weighted by molar-refractivity contribution is -0.125. The Hall–Kier alpha value is -1.18. The molecule has 7 nitrogen and oxygen atoms in total. The first-order valence-corrected chi connectivity index (χ1v) is 6.07. The zero-order valence-corrected chi connectivity index (χ0v) is 10.6. The Morgan fingerprint density at radius 3 is 2.78 bits per heavy atom. The molecule has 7 heteroatoms. The van der Waals surface area contributed by atoms with Crippen LogP contribution in [0.5, 0.6) is 0 Å². The van der Waals surface area contributed by atoms with Crippen LogP contribution in [0.2, 0.25) is 0 Å². The number of morpholine rings is 1. The van der Waals surface area contributed by atoms with Crippen LogP contribution < -0.4 is 10.6 Å². The molecule has 1 heterocycles. The molecular formula is C11H21N3O4. The maximum atomic E-state index is 11.6. The molecule has 1 aliphatic heterocycles. The lowest BCUT2D eigenvalue weighted by atomic mass is 10.3. The van der Waals surface area contributed by atoms with Gasteiger partial charge in [0.05, 0.1) is 25.9 Å². The van der Waals surface area contributed by atoms with E-state index in [4.69, 9.17) is 9.84 Å². The predicted molar refractivity (Wildman–Crippen MR) is 65.0 cm³/mol. The van der Waals surface area contributed by atoms with Gasteiger partial charge in [-0.25, -0.2) is 0 Å². The molecule has 0 spiro atoms. The Morgan fingerprint density at radius 1 is 1.39 bits per heavy atom.